The van der Waals surface area contributed by atoms with Gasteiger partial charge in [0, 0.05) is 31.7 Å². The second-order valence-electron chi connectivity index (χ2n) is 8.93. The lowest BCUT2D eigenvalue weighted by molar-refractivity contribution is -0.158. The van der Waals surface area contributed by atoms with Crippen LogP contribution < -0.4 is 5.43 Å². The molecule has 6 nitrogen and oxygen atoms in total. The van der Waals surface area contributed by atoms with Crippen LogP contribution in [0.25, 0.3) is 10.9 Å². The van der Waals surface area contributed by atoms with Gasteiger partial charge in [0.25, 0.3) is 5.91 Å². The van der Waals surface area contributed by atoms with Crippen molar-refractivity contribution in [1.82, 2.24) is 9.47 Å². The Kier molecular flexibility index (Phi) is 6.36. The fraction of sp³-hybridized carbons (Fsp3) is 0.370. The molecule has 1 amide bonds. The predicted molar refractivity (Wildman–Crippen MR) is 128 cm³/mol. The largest absolute Gasteiger partial charge is 0.466 e. The Balaban J connectivity index is 1.71. The monoisotopic (exact) mass is 446 g/mol. The van der Waals surface area contributed by atoms with Gasteiger partial charge in [0.2, 0.25) is 5.43 Å². The zero-order valence-corrected chi connectivity index (χ0v) is 19.5. The molecule has 3 aromatic rings. The fourth-order valence-corrected chi connectivity index (χ4v) is 4.91. The average Bonchev–Trinajstić information content (AvgIpc) is 2.83. The SMILES string of the molecule is CCOC(=O)[C@]1(Cc2ccccc2C)CCCN(C(=O)c2cn(C)c3ccccc3c2=O)C1. The quantitative estimate of drug-likeness (QED) is 0.558. The molecule has 1 aromatic heterocycles. The van der Waals surface area contributed by atoms with Crippen molar-refractivity contribution < 1.29 is 14.3 Å². The van der Waals surface area contributed by atoms with E-state index < -0.39 is 5.41 Å². The Morgan fingerprint density at radius 3 is 2.58 bits per heavy atom. The lowest BCUT2D eigenvalue weighted by Gasteiger charge is -2.41. The maximum atomic E-state index is 13.6. The van der Waals surface area contributed by atoms with E-state index in [-0.39, 0.29) is 36.0 Å². The second-order valence-corrected chi connectivity index (χ2v) is 8.93. The molecule has 172 valence electrons. The Labute approximate surface area is 193 Å². The van der Waals surface area contributed by atoms with Crippen LogP contribution in [0.4, 0.5) is 0 Å². The first-order valence-corrected chi connectivity index (χ1v) is 11.5. The van der Waals surface area contributed by atoms with Crippen LogP contribution in [0.2, 0.25) is 0 Å². The number of hydrogen-bond donors (Lipinski definition) is 0. The van der Waals surface area contributed by atoms with Crippen molar-refractivity contribution >= 4 is 22.8 Å². The van der Waals surface area contributed by atoms with Crippen LogP contribution >= 0.6 is 0 Å². The molecule has 0 spiro atoms. The molecule has 0 unspecified atom stereocenters. The van der Waals surface area contributed by atoms with Crippen molar-refractivity contribution in [2.45, 2.75) is 33.1 Å². The lowest BCUT2D eigenvalue weighted by atomic mass is 9.74. The first-order valence-electron chi connectivity index (χ1n) is 11.5. The Morgan fingerprint density at radius 1 is 1.09 bits per heavy atom. The Hall–Kier alpha value is -3.41. The van der Waals surface area contributed by atoms with Crippen LogP contribution in [0, 0.1) is 12.3 Å². The third kappa shape index (κ3) is 4.30. The number of piperidine rings is 1. The van der Waals surface area contributed by atoms with Gasteiger partial charge < -0.3 is 14.2 Å². The summed E-state index contributed by atoms with van der Waals surface area (Å²) in [6.45, 7) is 4.84. The molecule has 0 bridgehead atoms. The summed E-state index contributed by atoms with van der Waals surface area (Å²) in [5, 5.41) is 0.513. The average molecular weight is 447 g/mol. The van der Waals surface area contributed by atoms with Gasteiger partial charge in [-0.25, -0.2) is 0 Å². The molecule has 0 radical (unpaired) electrons. The van der Waals surface area contributed by atoms with Gasteiger partial charge in [-0.2, -0.15) is 0 Å². The number of likely N-dealkylation sites (tertiary alicyclic amines) is 1. The first kappa shape index (κ1) is 22.8. The minimum absolute atomic E-state index is 0.131. The summed E-state index contributed by atoms with van der Waals surface area (Å²) in [7, 11) is 1.83. The van der Waals surface area contributed by atoms with Gasteiger partial charge in [0.15, 0.2) is 0 Å². The number of rotatable bonds is 5. The molecule has 0 N–H and O–H groups in total. The van der Waals surface area contributed by atoms with Crippen molar-refractivity contribution in [2.75, 3.05) is 19.7 Å². The molecule has 6 heteroatoms. The number of carbonyl (C=O) groups is 2. The summed E-state index contributed by atoms with van der Waals surface area (Å²) in [4.78, 5) is 41.6. The molecule has 2 heterocycles. The molecule has 1 aliphatic heterocycles. The predicted octanol–water partition coefficient (Wildman–Crippen LogP) is 3.88. The maximum absolute atomic E-state index is 13.6. The Bertz CT molecular complexity index is 1260. The summed E-state index contributed by atoms with van der Waals surface area (Å²) in [5.41, 5.74) is 1.97. The van der Waals surface area contributed by atoms with Crippen molar-refractivity contribution in [3.05, 3.63) is 81.6 Å². The number of amides is 1. The number of para-hydroxylation sites is 1. The summed E-state index contributed by atoms with van der Waals surface area (Å²) in [5.74, 6) is -0.614. The van der Waals surface area contributed by atoms with Crippen LogP contribution in [0.1, 0.15) is 41.3 Å². The number of benzene rings is 2. The molecular weight excluding hydrogens is 416 g/mol. The molecule has 0 aliphatic carbocycles. The fourth-order valence-electron chi connectivity index (χ4n) is 4.91. The van der Waals surface area contributed by atoms with Crippen molar-refractivity contribution in [3.63, 3.8) is 0 Å². The normalized spacial score (nSPS) is 18.3. The van der Waals surface area contributed by atoms with E-state index >= 15 is 0 Å². The highest BCUT2D eigenvalue weighted by Gasteiger charge is 2.45. The highest BCUT2D eigenvalue weighted by Crippen LogP contribution is 2.36. The van der Waals surface area contributed by atoms with Crippen LogP contribution in [-0.2, 0) is 23.0 Å². The highest BCUT2D eigenvalue weighted by atomic mass is 16.5. The number of carbonyl (C=O) groups excluding carboxylic acids is 2. The number of hydrogen-bond acceptors (Lipinski definition) is 4. The highest BCUT2D eigenvalue weighted by molar-refractivity contribution is 5.97. The van der Waals surface area contributed by atoms with E-state index in [1.54, 1.807) is 34.7 Å². The number of aromatic nitrogens is 1. The van der Waals surface area contributed by atoms with Crippen molar-refractivity contribution in [3.8, 4) is 0 Å². The lowest BCUT2D eigenvalue weighted by Crippen LogP contribution is -2.52. The zero-order valence-electron chi connectivity index (χ0n) is 19.5. The first-order chi connectivity index (χ1) is 15.9. The minimum atomic E-state index is -0.835. The molecule has 1 atom stereocenters. The smallest absolute Gasteiger partial charge is 0.314 e. The number of ether oxygens (including phenoxy) is 1. The van der Waals surface area contributed by atoms with E-state index in [1.165, 1.54) is 0 Å². The van der Waals surface area contributed by atoms with E-state index in [2.05, 4.69) is 0 Å². The van der Waals surface area contributed by atoms with E-state index in [0.717, 1.165) is 16.6 Å². The van der Waals surface area contributed by atoms with Crippen LogP contribution in [0.15, 0.2) is 59.5 Å². The van der Waals surface area contributed by atoms with E-state index in [9.17, 15) is 14.4 Å². The standard InChI is InChI=1S/C27H30N2O4/c1-4-33-26(32)27(16-20-11-6-5-10-19(20)2)14-9-15-29(18-27)25(31)22-17-28(3)23-13-8-7-12-21(23)24(22)30/h5-8,10-13,17H,4,9,14-16,18H2,1-3H3/t27-/m0/s1. The molecule has 4 rings (SSSR count). The topological polar surface area (TPSA) is 68.6 Å². The Morgan fingerprint density at radius 2 is 1.82 bits per heavy atom. The zero-order chi connectivity index (χ0) is 23.6. The third-order valence-corrected chi connectivity index (χ3v) is 6.69. The molecule has 33 heavy (non-hydrogen) atoms. The number of esters is 1. The van der Waals surface area contributed by atoms with Gasteiger partial charge in [-0.05, 0) is 56.4 Å². The van der Waals surface area contributed by atoms with Gasteiger partial charge in [0.05, 0.1) is 17.5 Å². The molecule has 0 saturated carbocycles. The van der Waals surface area contributed by atoms with Crippen LogP contribution in [0.3, 0.4) is 0 Å². The molecule has 2 aromatic carbocycles. The number of nitrogens with zero attached hydrogens (tertiary/aromatic N) is 2. The van der Waals surface area contributed by atoms with Gasteiger partial charge >= 0.3 is 5.97 Å². The number of aryl methyl sites for hydroxylation is 2. The van der Waals surface area contributed by atoms with Gasteiger partial charge in [0.1, 0.15) is 5.56 Å². The van der Waals surface area contributed by atoms with E-state index in [1.807, 2.05) is 50.4 Å². The van der Waals surface area contributed by atoms with E-state index in [0.29, 0.717) is 31.2 Å². The summed E-state index contributed by atoms with van der Waals surface area (Å²) in [6, 6.07) is 15.3. The summed E-state index contributed by atoms with van der Waals surface area (Å²) >= 11 is 0. The summed E-state index contributed by atoms with van der Waals surface area (Å²) in [6.07, 6.45) is 3.41. The van der Waals surface area contributed by atoms with E-state index in [4.69, 9.17) is 4.74 Å². The number of fused-ring (bicyclic) bond motifs is 1. The van der Waals surface area contributed by atoms with Gasteiger partial charge in [-0.15, -0.1) is 0 Å². The molecule has 1 aliphatic rings. The second kappa shape index (κ2) is 9.22. The van der Waals surface area contributed by atoms with Gasteiger partial charge in [-0.1, -0.05) is 36.4 Å². The third-order valence-electron chi connectivity index (χ3n) is 6.69. The van der Waals surface area contributed by atoms with Crippen LogP contribution in [0.5, 0.6) is 0 Å². The molecular formula is C27H30N2O4. The molecule has 1 fully saturated rings. The van der Waals surface area contributed by atoms with Crippen molar-refractivity contribution in [1.29, 1.82) is 0 Å². The minimum Gasteiger partial charge on any atom is -0.466 e. The maximum Gasteiger partial charge on any atom is 0.314 e. The van der Waals surface area contributed by atoms with Gasteiger partial charge in [-0.3, -0.25) is 14.4 Å². The van der Waals surface area contributed by atoms with Crippen LogP contribution in [-0.4, -0.2) is 41.0 Å². The van der Waals surface area contributed by atoms with Crippen molar-refractivity contribution in [2.24, 2.45) is 12.5 Å². The number of pyridine rings is 1. The summed E-state index contributed by atoms with van der Waals surface area (Å²) < 4.78 is 7.29. The molecule has 1 saturated heterocycles.